The molecule has 0 radical (unpaired) electrons. The molecule has 0 aliphatic carbocycles. The van der Waals surface area contributed by atoms with E-state index in [1.807, 2.05) is 13.8 Å². The van der Waals surface area contributed by atoms with E-state index >= 15 is 0 Å². The summed E-state index contributed by atoms with van der Waals surface area (Å²) in [4.78, 5) is 4.79. The van der Waals surface area contributed by atoms with Crippen LogP contribution >= 0.6 is 0 Å². The van der Waals surface area contributed by atoms with Crippen molar-refractivity contribution in [3.63, 3.8) is 0 Å². The van der Waals surface area contributed by atoms with Gasteiger partial charge in [0.25, 0.3) is 0 Å². The van der Waals surface area contributed by atoms with Crippen LogP contribution in [0.5, 0.6) is 0 Å². The highest BCUT2D eigenvalue weighted by Gasteiger charge is 2.26. The average molecular weight is 256 g/mol. The van der Waals surface area contributed by atoms with Gasteiger partial charge in [-0.15, -0.1) is 0 Å². The summed E-state index contributed by atoms with van der Waals surface area (Å²) >= 11 is 0. The Morgan fingerprint density at radius 2 is 2.22 bits per heavy atom. The normalized spacial score (nSPS) is 23.6. The van der Waals surface area contributed by atoms with E-state index in [1.54, 1.807) is 0 Å². The van der Waals surface area contributed by atoms with Gasteiger partial charge in [-0.25, -0.2) is 0 Å². The van der Waals surface area contributed by atoms with Crippen LogP contribution in [0, 0.1) is 5.41 Å². The van der Waals surface area contributed by atoms with Crippen LogP contribution in [0.2, 0.25) is 0 Å². The lowest BCUT2D eigenvalue weighted by Crippen LogP contribution is -2.46. The molecular weight excluding hydrogens is 228 g/mol. The van der Waals surface area contributed by atoms with Crippen molar-refractivity contribution in [2.24, 2.45) is 16.3 Å². The van der Waals surface area contributed by atoms with Crippen LogP contribution in [-0.4, -0.2) is 60.6 Å². The third-order valence-corrected chi connectivity index (χ3v) is 4.11. The molecule has 1 rings (SSSR count). The first-order chi connectivity index (χ1) is 8.36. The molecule has 0 bridgehead atoms. The SMILES string of the molecule is CN1CCCC(N(C)CCC(C)(C)C(N)=NO)C1. The van der Waals surface area contributed by atoms with Gasteiger partial charge in [0.05, 0.1) is 0 Å². The highest BCUT2D eigenvalue weighted by atomic mass is 16.4. The maximum Gasteiger partial charge on any atom is 0.144 e. The molecule has 5 nitrogen and oxygen atoms in total. The summed E-state index contributed by atoms with van der Waals surface area (Å²) in [6.07, 6.45) is 3.44. The first kappa shape index (κ1) is 15.2. The number of oxime groups is 1. The second-order valence-electron chi connectivity index (χ2n) is 6.16. The van der Waals surface area contributed by atoms with Gasteiger partial charge in [0, 0.05) is 18.0 Å². The molecule has 18 heavy (non-hydrogen) atoms. The fourth-order valence-corrected chi connectivity index (χ4v) is 2.40. The third kappa shape index (κ3) is 4.14. The molecule has 1 aliphatic heterocycles. The largest absolute Gasteiger partial charge is 0.409 e. The molecule has 1 saturated heterocycles. The van der Waals surface area contributed by atoms with Crippen molar-refractivity contribution in [2.45, 2.75) is 39.2 Å². The molecule has 0 amide bonds. The van der Waals surface area contributed by atoms with Gasteiger partial charge in [-0.3, -0.25) is 0 Å². The molecule has 5 heteroatoms. The van der Waals surface area contributed by atoms with E-state index in [1.165, 1.54) is 19.4 Å². The van der Waals surface area contributed by atoms with Crippen LogP contribution in [0.3, 0.4) is 0 Å². The van der Waals surface area contributed by atoms with Crippen LogP contribution in [0.4, 0.5) is 0 Å². The maximum absolute atomic E-state index is 8.76. The minimum absolute atomic E-state index is 0.246. The van der Waals surface area contributed by atoms with Crippen molar-refractivity contribution in [3.05, 3.63) is 0 Å². The Hall–Kier alpha value is -0.810. The van der Waals surface area contributed by atoms with Crippen molar-refractivity contribution in [2.75, 3.05) is 33.7 Å². The van der Waals surface area contributed by atoms with Gasteiger partial charge in [-0.2, -0.15) is 0 Å². The summed E-state index contributed by atoms with van der Waals surface area (Å²) in [7, 11) is 4.35. The lowest BCUT2D eigenvalue weighted by Gasteiger charge is -2.37. The Bertz CT molecular complexity index is 291. The van der Waals surface area contributed by atoms with Gasteiger partial charge < -0.3 is 20.7 Å². The lowest BCUT2D eigenvalue weighted by molar-refractivity contribution is 0.127. The molecule has 1 fully saturated rings. The van der Waals surface area contributed by atoms with Gasteiger partial charge in [-0.1, -0.05) is 19.0 Å². The number of likely N-dealkylation sites (tertiary alicyclic amines) is 1. The first-order valence-electron chi connectivity index (χ1n) is 6.73. The fourth-order valence-electron chi connectivity index (χ4n) is 2.40. The summed E-state index contributed by atoms with van der Waals surface area (Å²) in [5.41, 5.74) is 5.46. The summed E-state index contributed by atoms with van der Waals surface area (Å²) in [6, 6.07) is 0.631. The topological polar surface area (TPSA) is 65.1 Å². The zero-order chi connectivity index (χ0) is 13.8. The summed E-state index contributed by atoms with van der Waals surface area (Å²) in [5, 5.41) is 11.9. The van der Waals surface area contributed by atoms with E-state index in [4.69, 9.17) is 10.9 Å². The number of piperidine rings is 1. The molecule has 1 unspecified atom stereocenters. The monoisotopic (exact) mass is 256 g/mol. The van der Waals surface area contributed by atoms with Crippen LogP contribution in [0.15, 0.2) is 5.16 Å². The maximum atomic E-state index is 8.76. The van der Waals surface area contributed by atoms with Crippen LogP contribution in [0.25, 0.3) is 0 Å². The predicted octanol–water partition coefficient (Wildman–Crippen LogP) is 1.18. The Kier molecular flexibility index (Phi) is 5.41. The van der Waals surface area contributed by atoms with Gasteiger partial charge in [-0.05, 0) is 46.4 Å². The van der Waals surface area contributed by atoms with Crippen LogP contribution in [0.1, 0.15) is 33.1 Å². The van der Waals surface area contributed by atoms with Gasteiger partial charge in [0.15, 0.2) is 0 Å². The van der Waals surface area contributed by atoms with E-state index in [0.29, 0.717) is 11.9 Å². The van der Waals surface area contributed by atoms with Gasteiger partial charge in [0.2, 0.25) is 0 Å². The molecule has 1 aliphatic rings. The Morgan fingerprint density at radius 1 is 1.56 bits per heavy atom. The second kappa shape index (κ2) is 6.38. The van der Waals surface area contributed by atoms with Crippen LogP contribution in [-0.2, 0) is 0 Å². The van der Waals surface area contributed by atoms with Crippen molar-refractivity contribution in [1.82, 2.24) is 9.80 Å². The zero-order valence-corrected chi connectivity index (χ0v) is 12.2. The van der Waals surface area contributed by atoms with E-state index in [0.717, 1.165) is 19.5 Å². The molecule has 0 saturated carbocycles. The number of nitrogens with zero attached hydrogens (tertiary/aromatic N) is 3. The number of amidine groups is 1. The molecule has 3 N–H and O–H groups in total. The van der Waals surface area contributed by atoms with E-state index in [2.05, 4.69) is 29.1 Å². The molecule has 0 aromatic rings. The van der Waals surface area contributed by atoms with Crippen molar-refractivity contribution < 1.29 is 5.21 Å². The van der Waals surface area contributed by atoms with Crippen LogP contribution < -0.4 is 5.73 Å². The molecule has 0 spiro atoms. The highest BCUT2D eigenvalue weighted by Crippen LogP contribution is 2.22. The predicted molar refractivity (Wildman–Crippen MR) is 75.0 cm³/mol. The Morgan fingerprint density at radius 3 is 2.78 bits per heavy atom. The van der Waals surface area contributed by atoms with Crippen molar-refractivity contribution >= 4 is 5.84 Å². The Labute approximate surface area is 111 Å². The first-order valence-corrected chi connectivity index (χ1v) is 6.73. The third-order valence-electron chi connectivity index (χ3n) is 4.11. The molecule has 0 aromatic heterocycles. The lowest BCUT2D eigenvalue weighted by atomic mass is 9.87. The number of hydrogen-bond acceptors (Lipinski definition) is 4. The van der Waals surface area contributed by atoms with Gasteiger partial charge in [0.1, 0.15) is 5.84 Å². The number of likely N-dealkylation sites (N-methyl/N-ethyl adjacent to an activating group) is 2. The molecule has 1 atom stereocenters. The number of nitrogens with two attached hydrogens (primary N) is 1. The quantitative estimate of drug-likeness (QED) is 0.335. The highest BCUT2D eigenvalue weighted by molar-refractivity contribution is 5.85. The summed E-state index contributed by atoms with van der Waals surface area (Å²) < 4.78 is 0. The van der Waals surface area contributed by atoms with E-state index in [9.17, 15) is 0 Å². The van der Waals surface area contributed by atoms with Gasteiger partial charge >= 0.3 is 0 Å². The molecule has 1 heterocycles. The second-order valence-corrected chi connectivity index (χ2v) is 6.16. The van der Waals surface area contributed by atoms with E-state index in [-0.39, 0.29) is 5.41 Å². The standard InChI is InChI=1S/C13H28N4O/c1-13(2,12(14)15-18)7-9-17(4)11-6-5-8-16(3)10-11/h11,18H,5-10H2,1-4H3,(H2,14,15). The molecule has 0 aromatic carbocycles. The molecule has 106 valence electrons. The van der Waals surface area contributed by atoms with Crippen molar-refractivity contribution in [1.29, 1.82) is 0 Å². The number of rotatable bonds is 5. The van der Waals surface area contributed by atoms with E-state index < -0.39 is 0 Å². The minimum atomic E-state index is -0.246. The zero-order valence-electron chi connectivity index (χ0n) is 12.2. The van der Waals surface area contributed by atoms with Crippen molar-refractivity contribution in [3.8, 4) is 0 Å². The number of hydrogen-bond donors (Lipinski definition) is 2. The fraction of sp³-hybridized carbons (Fsp3) is 0.923. The average Bonchev–Trinajstić information content (AvgIpc) is 2.35. The smallest absolute Gasteiger partial charge is 0.144 e. The Balaban J connectivity index is 2.43. The molecular formula is C13H28N4O. The minimum Gasteiger partial charge on any atom is -0.409 e. The summed E-state index contributed by atoms with van der Waals surface area (Å²) in [5.74, 6) is 0.316. The summed E-state index contributed by atoms with van der Waals surface area (Å²) in [6.45, 7) is 7.36.